The van der Waals surface area contributed by atoms with E-state index in [1.165, 1.54) is 17.8 Å². The molecule has 0 radical (unpaired) electrons. The average Bonchev–Trinajstić information content (AvgIpc) is 2.42. The van der Waals surface area contributed by atoms with Gasteiger partial charge in [-0.15, -0.1) is 0 Å². The van der Waals surface area contributed by atoms with Gasteiger partial charge in [-0.25, -0.2) is 0 Å². The maximum Gasteiger partial charge on any atom is 0.0642 e. The van der Waals surface area contributed by atoms with Crippen molar-refractivity contribution in [3.8, 4) is 0 Å². The van der Waals surface area contributed by atoms with E-state index in [-0.39, 0.29) is 0 Å². The Bertz CT molecular complexity index is 305. The van der Waals surface area contributed by atoms with Crippen LogP contribution >= 0.6 is 0 Å². The Hall–Kier alpha value is -1.22. The van der Waals surface area contributed by atoms with Crippen molar-refractivity contribution in [3.05, 3.63) is 24.3 Å². The number of nitrogens with zero attached hydrogens (tertiary/aromatic N) is 1. The Morgan fingerprint density at radius 3 is 2.11 bits per heavy atom. The van der Waals surface area contributed by atoms with Gasteiger partial charge in [0.25, 0.3) is 0 Å². The molecule has 0 bridgehead atoms. The molecule has 0 atom stereocenters. The molecule has 18 heavy (non-hydrogen) atoms. The molecular formula is C15H26N2O. The summed E-state index contributed by atoms with van der Waals surface area (Å²) in [6.07, 6.45) is 1.25. The number of anilines is 2. The predicted octanol–water partition coefficient (Wildman–Crippen LogP) is 3.37. The zero-order valence-corrected chi connectivity index (χ0v) is 11.9. The van der Waals surface area contributed by atoms with Crippen LogP contribution in [0.3, 0.4) is 0 Å². The molecule has 1 heterocycles. The van der Waals surface area contributed by atoms with Gasteiger partial charge < -0.3 is 15.0 Å². The largest absolute Gasteiger partial charge is 0.385 e. The van der Waals surface area contributed by atoms with E-state index in [0.717, 1.165) is 32.8 Å². The summed E-state index contributed by atoms with van der Waals surface area (Å²) < 4.78 is 5.33. The van der Waals surface area contributed by atoms with Crippen molar-refractivity contribution >= 4 is 11.4 Å². The fourth-order valence-corrected chi connectivity index (χ4v) is 1.82. The number of hydrogen-bond acceptors (Lipinski definition) is 3. The second-order valence-corrected chi connectivity index (χ2v) is 4.38. The highest BCUT2D eigenvalue weighted by molar-refractivity contribution is 5.55. The topological polar surface area (TPSA) is 24.5 Å². The van der Waals surface area contributed by atoms with E-state index < -0.39 is 0 Å². The Labute approximate surface area is 111 Å². The van der Waals surface area contributed by atoms with Crippen LogP contribution < -0.4 is 10.2 Å². The molecular weight excluding hydrogens is 224 g/mol. The van der Waals surface area contributed by atoms with Gasteiger partial charge >= 0.3 is 0 Å². The van der Waals surface area contributed by atoms with Gasteiger partial charge in [-0.05, 0) is 31.2 Å². The van der Waals surface area contributed by atoms with Crippen LogP contribution in [-0.4, -0.2) is 32.8 Å². The minimum Gasteiger partial charge on any atom is -0.385 e. The lowest BCUT2D eigenvalue weighted by Gasteiger charge is -2.28. The summed E-state index contributed by atoms with van der Waals surface area (Å²) in [4.78, 5) is 2.36. The summed E-state index contributed by atoms with van der Waals surface area (Å²) >= 11 is 0. The molecule has 2 rings (SSSR count). The minimum atomic E-state index is 0.842. The molecule has 1 aliphatic rings. The Morgan fingerprint density at radius 1 is 1.06 bits per heavy atom. The van der Waals surface area contributed by atoms with Crippen molar-refractivity contribution in [2.75, 3.05) is 43.1 Å². The number of hydrogen-bond donors (Lipinski definition) is 1. The van der Waals surface area contributed by atoms with Gasteiger partial charge in [0.15, 0.2) is 0 Å². The van der Waals surface area contributed by atoms with Gasteiger partial charge in [0.1, 0.15) is 0 Å². The van der Waals surface area contributed by atoms with Gasteiger partial charge in [0.05, 0.1) is 13.2 Å². The summed E-state index contributed by atoms with van der Waals surface area (Å²) in [6.45, 7) is 11.0. The van der Waals surface area contributed by atoms with Crippen molar-refractivity contribution in [1.29, 1.82) is 0 Å². The normalized spacial score (nSPS) is 14.7. The number of ether oxygens (including phenoxy) is 1. The first-order chi connectivity index (χ1) is 8.81. The standard InChI is InChI=1S/C12H18N2O.C3H8/c1-2-13-11-3-5-12(6-4-11)14-7-9-15-10-8-14;1-3-2/h3-6,13H,2,7-10H2,1H3;3H2,1-2H3. The third-order valence-electron chi connectivity index (χ3n) is 2.62. The second-order valence-electron chi connectivity index (χ2n) is 4.38. The highest BCUT2D eigenvalue weighted by Gasteiger charge is 2.10. The number of nitrogens with one attached hydrogen (secondary N) is 1. The number of morpholine rings is 1. The molecule has 0 spiro atoms. The second kappa shape index (κ2) is 8.81. The van der Waals surface area contributed by atoms with Crippen molar-refractivity contribution in [2.45, 2.75) is 27.2 Å². The lowest BCUT2D eigenvalue weighted by molar-refractivity contribution is 0.122. The maximum atomic E-state index is 5.33. The first kappa shape index (κ1) is 14.8. The molecule has 1 aliphatic heterocycles. The molecule has 3 heteroatoms. The highest BCUT2D eigenvalue weighted by atomic mass is 16.5. The van der Waals surface area contributed by atoms with Crippen molar-refractivity contribution < 1.29 is 4.74 Å². The van der Waals surface area contributed by atoms with E-state index >= 15 is 0 Å². The van der Waals surface area contributed by atoms with Crippen LogP contribution in [0.2, 0.25) is 0 Å². The van der Waals surface area contributed by atoms with Gasteiger partial charge in [-0.1, -0.05) is 20.3 Å². The lowest BCUT2D eigenvalue weighted by atomic mass is 10.2. The van der Waals surface area contributed by atoms with Crippen LogP contribution in [0.15, 0.2) is 24.3 Å². The van der Waals surface area contributed by atoms with Crippen LogP contribution in [-0.2, 0) is 4.74 Å². The monoisotopic (exact) mass is 250 g/mol. The van der Waals surface area contributed by atoms with E-state index in [0.29, 0.717) is 0 Å². The summed E-state index contributed by atoms with van der Waals surface area (Å²) in [5, 5.41) is 3.29. The molecule has 1 saturated heterocycles. The molecule has 0 unspecified atom stereocenters. The van der Waals surface area contributed by atoms with Gasteiger partial charge in [-0.2, -0.15) is 0 Å². The SMILES string of the molecule is CCC.CCNc1ccc(N2CCOCC2)cc1. The average molecular weight is 250 g/mol. The molecule has 0 aliphatic carbocycles. The molecule has 0 saturated carbocycles. The van der Waals surface area contributed by atoms with Gasteiger partial charge in [0.2, 0.25) is 0 Å². The first-order valence-corrected chi connectivity index (χ1v) is 6.98. The molecule has 1 aromatic rings. The molecule has 1 fully saturated rings. The van der Waals surface area contributed by atoms with Crippen molar-refractivity contribution in [1.82, 2.24) is 0 Å². The summed E-state index contributed by atoms with van der Waals surface area (Å²) in [7, 11) is 0. The molecule has 0 amide bonds. The third kappa shape index (κ3) is 4.96. The van der Waals surface area contributed by atoms with E-state index in [2.05, 4.69) is 55.3 Å². The Morgan fingerprint density at radius 2 is 1.61 bits per heavy atom. The van der Waals surface area contributed by atoms with Crippen LogP contribution in [0.25, 0.3) is 0 Å². The van der Waals surface area contributed by atoms with E-state index in [4.69, 9.17) is 4.74 Å². The Balaban J connectivity index is 0.000000492. The van der Waals surface area contributed by atoms with E-state index in [1.807, 2.05) is 0 Å². The quantitative estimate of drug-likeness (QED) is 0.890. The van der Waals surface area contributed by atoms with Gasteiger partial charge in [0, 0.05) is 31.0 Å². The van der Waals surface area contributed by atoms with Crippen LogP contribution in [0.4, 0.5) is 11.4 Å². The lowest BCUT2D eigenvalue weighted by Crippen LogP contribution is -2.36. The van der Waals surface area contributed by atoms with Crippen LogP contribution in [0, 0.1) is 0 Å². The zero-order chi connectivity index (χ0) is 13.2. The van der Waals surface area contributed by atoms with Crippen molar-refractivity contribution in [2.24, 2.45) is 0 Å². The summed E-state index contributed by atoms with van der Waals surface area (Å²) in [6, 6.07) is 8.61. The summed E-state index contributed by atoms with van der Waals surface area (Å²) in [5.41, 5.74) is 2.48. The number of benzene rings is 1. The van der Waals surface area contributed by atoms with E-state index in [1.54, 1.807) is 0 Å². The predicted molar refractivity (Wildman–Crippen MR) is 79.6 cm³/mol. The fraction of sp³-hybridized carbons (Fsp3) is 0.600. The zero-order valence-electron chi connectivity index (χ0n) is 11.9. The van der Waals surface area contributed by atoms with E-state index in [9.17, 15) is 0 Å². The third-order valence-corrected chi connectivity index (χ3v) is 2.62. The molecule has 0 aromatic heterocycles. The summed E-state index contributed by atoms with van der Waals surface area (Å²) in [5.74, 6) is 0. The molecule has 1 N–H and O–H groups in total. The smallest absolute Gasteiger partial charge is 0.0642 e. The highest BCUT2D eigenvalue weighted by Crippen LogP contribution is 2.18. The minimum absolute atomic E-state index is 0.842. The Kier molecular flexibility index (Phi) is 7.26. The first-order valence-electron chi connectivity index (χ1n) is 6.98. The van der Waals surface area contributed by atoms with Crippen LogP contribution in [0.5, 0.6) is 0 Å². The fourth-order valence-electron chi connectivity index (χ4n) is 1.82. The molecule has 1 aromatic carbocycles. The van der Waals surface area contributed by atoms with Crippen LogP contribution in [0.1, 0.15) is 27.2 Å². The van der Waals surface area contributed by atoms with Crippen molar-refractivity contribution in [3.63, 3.8) is 0 Å². The molecule has 3 nitrogen and oxygen atoms in total. The molecule has 102 valence electrons. The number of rotatable bonds is 3. The van der Waals surface area contributed by atoms with Gasteiger partial charge in [-0.3, -0.25) is 0 Å². The maximum absolute atomic E-state index is 5.33.